The standard InChI is InChI=1S/C16H19B/c1-13(2)14-8-7-11-16(12-14)17(3)15-9-5-4-6-10-15/h4-13H,1-3H3. The van der Waals surface area contributed by atoms with Crippen molar-refractivity contribution in [2.24, 2.45) is 0 Å². The predicted octanol–water partition coefficient (Wildman–Crippen LogP) is 3.05. The summed E-state index contributed by atoms with van der Waals surface area (Å²) in [5.74, 6) is 0.595. The van der Waals surface area contributed by atoms with Gasteiger partial charge in [-0.15, -0.1) is 0 Å². The second-order valence-corrected chi connectivity index (χ2v) is 4.96. The molecule has 0 aromatic heterocycles. The molecule has 0 aliphatic carbocycles. The lowest BCUT2D eigenvalue weighted by Crippen LogP contribution is -2.39. The fraction of sp³-hybridized carbons (Fsp3) is 0.250. The largest absolute Gasteiger partial charge is 0.206 e. The van der Waals surface area contributed by atoms with Crippen LogP contribution in [0.5, 0.6) is 0 Å². The van der Waals surface area contributed by atoms with Crippen molar-refractivity contribution in [3.05, 3.63) is 60.2 Å². The molecule has 0 heterocycles. The van der Waals surface area contributed by atoms with Crippen molar-refractivity contribution in [2.45, 2.75) is 26.6 Å². The van der Waals surface area contributed by atoms with E-state index < -0.39 is 0 Å². The molecule has 2 aromatic carbocycles. The average Bonchev–Trinajstić information content (AvgIpc) is 2.39. The van der Waals surface area contributed by atoms with E-state index in [0.717, 1.165) is 0 Å². The molecular weight excluding hydrogens is 203 g/mol. The van der Waals surface area contributed by atoms with Gasteiger partial charge in [0.15, 0.2) is 0 Å². The molecule has 0 bridgehead atoms. The summed E-state index contributed by atoms with van der Waals surface area (Å²) in [6.45, 7) is 7.22. The third kappa shape index (κ3) is 2.79. The highest BCUT2D eigenvalue weighted by Crippen LogP contribution is 2.11. The van der Waals surface area contributed by atoms with Crippen LogP contribution in [0.15, 0.2) is 54.6 Å². The van der Waals surface area contributed by atoms with Gasteiger partial charge >= 0.3 is 0 Å². The van der Waals surface area contributed by atoms with Crippen LogP contribution in [0.3, 0.4) is 0 Å². The van der Waals surface area contributed by atoms with Gasteiger partial charge in [-0.05, 0) is 11.5 Å². The van der Waals surface area contributed by atoms with E-state index in [1.807, 2.05) is 0 Å². The predicted molar refractivity (Wildman–Crippen MR) is 77.9 cm³/mol. The Kier molecular flexibility index (Phi) is 3.68. The van der Waals surface area contributed by atoms with Crippen LogP contribution < -0.4 is 10.9 Å². The van der Waals surface area contributed by atoms with Gasteiger partial charge in [-0.1, -0.05) is 86.2 Å². The van der Waals surface area contributed by atoms with Crippen molar-refractivity contribution in [3.8, 4) is 0 Å². The van der Waals surface area contributed by atoms with Crippen LogP contribution in [0.4, 0.5) is 0 Å². The van der Waals surface area contributed by atoms with Gasteiger partial charge in [0.25, 0.3) is 0 Å². The molecule has 2 aromatic rings. The lowest BCUT2D eigenvalue weighted by atomic mass is 9.42. The summed E-state index contributed by atoms with van der Waals surface area (Å²) in [7, 11) is 0. The first-order valence-corrected chi connectivity index (χ1v) is 6.33. The number of hydrogen-bond acceptors (Lipinski definition) is 0. The van der Waals surface area contributed by atoms with Crippen molar-refractivity contribution < 1.29 is 0 Å². The van der Waals surface area contributed by atoms with E-state index in [2.05, 4.69) is 75.3 Å². The second kappa shape index (κ2) is 5.22. The molecule has 86 valence electrons. The summed E-state index contributed by atoms with van der Waals surface area (Å²) in [6.07, 6.45) is 0. The summed E-state index contributed by atoms with van der Waals surface area (Å²) in [6, 6.07) is 19.6. The van der Waals surface area contributed by atoms with Crippen molar-refractivity contribution in [3.63, 3.8) is 0 Å². The van der Waals surface area contributed by atoms with Gasteiger partial charge in [0.05, 0.1) is 0 Å². The summed E-state index contributed by atoms with van der Waals surface area (Å²) in [5.41, 5.74) is 4.21. The molecule has 0 spiro atoms. The minimum Gasteiger partial charge on any atom is -0.0774 e. The van der Waals surface area contributed by atoms with Gasteiger partial charge in [-0.25, -0.2) is 0 Å². The molecule has 0 N–H and O–H groups in total. The van der Waals surface area contributed by atoms with Crippen molar-refractivity contribution in [1.82, 2.24) is 0 Å². The maximum absolute atomic E-state index is 2.34. The van der Waals surface area contributed by atoms with Crippen LogP contribution in [0.2, 0.25) is 6.82 Å². The molecule has 0 nitrogen and oxygen atoms in total. The zero-order valence-corrected chi connectivity index (χ0v) is 10.9. The molecule has 0 fully saturated rings. The van der Waals surface area contributed by atoms with E-state index in [1.54, 1.807) is 0 Å². The van der Waals surface area contributed by atoms with Crippen molar-refractivity contribution in [1.29, 1.82) is 0 Å². The highest BCUT2D eigenvalue weighted by molar-refractivity contribution is 6.84. The molecule has 0 saturated carbocycles. The van der Waals surface area contributed by atoms with Crippen LogP contribution in [0, 0.1) is 0 Å². The van der Waals surface area contributed by atoms with E-state index in [-0.39, 0.29) is 0 Å². The van der Waals surface area contributed by atoms with Gasteiger partial charge in [0.2, 0.25) is 6.71 Å². The zero-order valence-electron chi connectivity index (χ0n) is 10.9. The molecule has 0 aliphatic heterocycles. The van der Waals surface area contributed by atoms with E-state index in [1.165, 1.54) is 16.5 Å². The molecule has 0 radical (unpaired) electrons. The Morgan fingerprint density at radius 3 is 2.12 bits per heavy atom. The molecule has 0 saturated heterocycles. The molecule has 17 heavy (non-hydrogen) atoms. The first-order valence-electron chi connectivity index (χ1n) is 6.33. The molecule has 0 atom stereocenters. The molecule has 0 aliphatic rings. The number of rotatable bonds is 3. The van der Waals surface area contributed by atoms with E-state index >= 15 is 0 Å². The highest BCUT2D eigenvalue weighted by Gasteiger charge is 2.13. The highest BCUT2D eigenvalue weighted by atomic mass is 14.0. The first-order chi connectivity index (χ1) is 8.18. The molecule has 2 rings (SSSR count). The van der Waals surface area contributed by atoms with Crippen LogP contribution >= 0.6 is 0 Å². The maximum atomic E-state index is 2.34. The van der Waals surface area contributed by atoms with Crippen molar-refractivity contribution >= 4 is 17.6 Å². The van der Waals surface area contributed by atoms with E-state index in [9.17, 15) is 0 Å². The molecule has 0 unspecified atom stereocenters. The second-order valence-electron chi connectivity index (χ2n) is 4.96. The third-order valence-corrected chi connectivity index (χ3v) is 3.38. The topological polar surface area (TPSA) is 0 Å². The molecule has 1 heteroatoms. The summed E-state index contributed by atoms with van der Waals surface area (Å²) in [5, 5.41) is 0. The fourth-order valence-electron chi connectivity index (χ4n) is 2.12. The Balaban J connectivity index is 2.31. The smallest absolute Gasteiger partial charge is 0.0774 e. The summed E-state index contributed by atoms with van der Waals surface area (Å²) < 4.78 is 0. The quantitative estimate of drug-likeness (QED) is 0.700. The number of hydrogen-bond donors (Lipinski definition) is 0. The summed E-state index contributed by atoms with van der Waals surface area (Å²) in [4.78, 5) is 0. The first kappa shape index (κ1) is 12.0. The van der Waals surface area contributed by atoms with Crippen LogP contribution in [0.1, 0.15) is 25.3 Å². The Morgan fingerprint density at radius 1 is 0.824 bits per heavy atom. The minimum atomic E-state index is 0.467. The fourth-order valence-corrected chi connectivity index (χ4v) is 2.12. The van der Waals surface area contributed by atoms with Crippen molar-refractivity contribution in [2.75, 3.05) is 0 Å². The lowest BCUT2D eigenvalue weighted by Gasteiger charge is -2.12. The van der Waals surface area contributed by atoms with E-state index in [4.69, 9.17) is 0 Å². The average molecular weight is 222 g/mol. The maximum Gasteiger partial charge on any atom is 0.206 e. The van der Waals surface area contributed by atoms with Gasteiger partial charge < -0.3 is 0 Å². The Bertz CT molecular complexity index is 474. The Morgan fingerprint density at radius 2 is 1.47 bits per heavy atom. The molecular formula is C16H19B. The van der Waals surface area contributed by atoms with Gasteiger partial charge in [-0.3, -0.25) is 0 Å². The normalized spacial score (nSPS) is 10.6. The lowest BCUT2D eigenvalue weighted by molar-refractivity contribution is 0.868. The number of benzene rings is 2. The Labute approximate surface area is 105 Å². The summed E-state index contributed by atoms with van der Waals surface area (Å²) >= 11 is 0. The third-order valence-electron chi connectivity index (χ3n) is 3.38. The minimum absolute atomic E-state index is 0.467. The van der Waals surface area contributed by atoms with Crippen LogP contribution in [-0.4, -0.2) is 6.71 Å². The monoisotopic (exact) mass is 222 g/mol. The van der Waals surface area contributed by atoms with E-state index in [0.29, 0.717) is 12.6 Å². The van der Waals surface area contributed by atoms with Crippen LogP contribution in [0.25, 0.3) is 0 Å². The zero-order chi connectivity index (χ0) is 12.3. The SMILES string of the molecule is CB(c1ccccc1)c1cccc(C(C)C)c1. The van der Waals surface area contributed by atoms with Gasteiger partial charge in [-0.2, -0.15) is 0 Å². The van der Waals surface area contributed by atoms with Gasteiger partial charge in [0, 0.05) is 0 Å². The van der Waals surface area contributed by atoms with Crippen LogP contribution in [-0.2, 0) is 0 Å². The molecule has 0 amide bonds. The Hall–Kier alpha value is -1.50. The van der Waals surface area contributed by atoms with Gasteiger partial charge in [0.1, 0.15) is 0 Å².